The monoisotopic (exact) mass is 700 g/mol. The fourth-order valence-corrected chi connectivity index (χ4v) is 7.80. The molecule has 0 spiro atoms. The van der Waals surface area contributed by atoms with E-state index in [1.165, 1.54) is 38.0 Å². The molecule has 0 unspecified atom stereocenters. The first-order chi connectivity index (χ1) is 18.5. The summed E-state index contributed by atoms with van der Waals surface area (Å²) in [7, 11) is -0.0110. The summed E-state index contributed by atoms with van der Waals surface area (Å²) in [6, 6.07) is 47.3. The molecule has 0 bridgehead atoms. The van der Waals surface area contributed by atoms with Crippen molar-refractivity contribution < 1.29 is 21.1 Å². The number of fused-ring (bicyclic) bond motifs is 4. The van der Waals surface area contributed by atoms with Gasteiger partial charge in [-0.05, 0) is 30.6 Å². The molecule has 2 heterocycles. The summed E-state index contributed by atoms with van der Waals surface area (Å²) in [4.78, 5) is 4.40. The fourth-order valence-electron chi connectivity index (χ4n) is 5.62. The predicted octanol–water partition coefficient (Wildman–Crippen LogP) is 6.71. The number of nitrogens with zero attached hydrogens (tertiary/aromatic N) is 3. The molecule has 3 nitrogen and oxygen atoms in total. The van der Waals surface area contributed by atoms with E-state index in [0.29, 0.717) is 0 Å². The van der Waals surface area contributed by atoms with Crippen molar-refractivity contribution in [3.05, 3.63) is 128 Å². The van der Waals surface area contributed by atoms with Gasteiger partial charge in [0.1, 0.15) is 0 Å². The Morgan fingerprint density at radius 3 is 2.26 bits per heavy atom. The van der Waals surface area contributed by atoms with Crippen LogP contribution in [0.1, 0.15) is 0 Å². The second kappa shape index (κ2) is 9.86. The van der Waals surface area contributed by atoms with Crippen molar-refractivity contribution in [2.75, 3.05) is 16.8 Å². The quantitative estimate of drug-likeness (QED) is 0.150. The Labute approximate surface area is 245 Å². The molecule has 5 aromatic carbocycles. The van der Waals surface area contributed by atoms with Crippen LogP contribution in [0.5, 0.6) is 0 Å². The van der Waals surface area contributed by atoms with E-state index in [4.69, 9.17) is 0 Å². The summed E-state index contributed by atoms with van der Waals surface area (Å²) in [6.45, 7) is 6.94. The van der Waals surface area contributed by atoms with E-state index in [-0.39, 0.29) is 21.1 Å². The third-order valence-electron chi connectivity index (χ3n) is 7.73. The minimum Gasteiger partial charge on any atom is -0.504 e. The molecule has 0 amide bonds. The van der Waals surface area contributed by atoms with E-state index in [1.54, 1.807) is 0 Å². The first-order valence-corrected chi connectivity index (χ1v) is 15.9. The molecular weight excluding hydrogens is 674 g/mol. The Morgan fingerprint density at radius 2 is 1.44 bits per heavy atom. The van der Waals surface area contributed by atoms with Crippen molar-refractivity contribution in [2.24, 2.45) is 0 Å². The maximum Gasteiger partial charge on any atom is 4.00 e. The van der Waals surface area contributed by atoms with Crippen LogP contribution >= 0.6 is 0 Å². The molecular formula is C34H27N3PtSi. The van der Waals surface area contributed by atoms with Crippen molar-refractivity contribution in [1.29, 1.82) is 0 Å². The first-order valence-electron chi connectivity index (χ1n) is 12.9. The van der Waals surface area contributed by atoms with Crippen LogP contribution in [0, 0.1) is 24.9 Å². The zero-order chi connectivity index (χ0) is 25.9. The largest absolute Gasteiger partial charge is 4.00 e. The maximum atomic E-state index is 3.80. The first kappa shape index (κ1) is 25.7. The maximum absolute atomic E-state index is 3.80. The van der Waals surface area contributed by atoms with Gasteiger partial charge < -0.3 is 14.4 Å². The molecule has 0 radical (unpaired) electrons. The van der Waals surface area contributed by atoms with Gasteiger partial charge in [-0.3, -0.25) is 0 Å². The topological polar surface area (TPSA) is 11.4 Å². The van der Waals surface area contributed by atoms with Crippen LogP contribution in [0.15, 0.2) is 103 Å². The summed E-state index contributed by atoms with van der Waals surface area (Å²) in [5.41, 5.74) is 6.85. The van der Waals surface area contributed by atoms with Gasteiger partial charge in [0.2, 0.25) is 0 Å². The van der Waals surface area contributed by atoms with Crippen LogP contribution in [0.3, 0.4) is 0 Å². The fraction of sp³-hybridized carbons (Fsp3) is 0.0882. The normalized spacial score (nSPS) is 13.1. The van der Waals surface area contributed by atoms with E-state index in [9.17, 15) is 0 Å². The number of hydrogen-bond acceptors (Lipinski definition) is 2. The van der Waals surface area contributed by atoms with Crippen LogP contribution in [-0.2, 0) is 21.1 Å². The molecule has 0 N–H and O–H groups in total. The van der Waals surface area contributed by atoms with Crippen LogP contribution in [0.25, 0.3) is 27.5 Å². The van der Waals surface area contributed by atoms with Gasteiger partial charge in [-0.25, -0.2) is 0 Å². The minimum absolute atomic E-state index is 0. The summed E-state index contributed by atoms with van der Waals surface area (Å²) < 4.78 is 2.30. The van der Waals surface area contributed by atoms with Gasteiger partial charge in [-0.15, -0.1) is 17.1 Å². The second-order valence-corrected chi connectivity index (χ2v) is 14.7. The van der Waals surface area contributed by atoms with Crippen LogP contribution in [0.2, 0.25) is 13.1 Å². The molecule has 39 heavy (non-hydrogen) atoms. The molecule has 1 aliphatic heterocycles. The van der Waals surface area contributed by atoms with Crippen molar-refractivity contribution in [1.82, 2.24) is 4.57 Å². The molecule has 0 fully saturated rings. The number of hydrogen-bond donors (Lipinski definition) is 0. The average molecular weight is 701 g/mol. The third-order valence-corrected chi connectivity index (χ3v) is 11.0. The molecule has 5 heteroatoms. The number of anilines is 3. The zero-order valence-electron chi connectivity index (χ0n) is 22.1. The number of rotatable bonds is 4. The number of benzene rings is 5. The number of para-hydroxylation sites is 4. The Kier molecular flexibility index (Phi) is 6.49. The minimum atomic E-state index is -2.10. The molecule has 0 aliphatic carbocycles. The second-order valence-electron chi connectivity index (χ2n) is 10.4. The van der Waals surface area contributed by atoms with E-state index in [2.05, 4.69) is 150 Å². The van der Waals surface area contributed by atoms with E-state index in [0.717, 1.165) is 16.9 Å². The summed E-state index contributed by atoms with van der Waals surface area (Å²) in [6.07, 6.45) is 0. The predicted molar refractivity (Wildman–Crippen MR) is 162 cm³/mol. The molecule has 1 aromatic heterocycles. The molecule has 192 valence electrons. The van der Waals surface area contributed by atoms with Crippen LogP contribution < -0.4 is 20.2 Å². The molecule has 0 saturated carbocycles. The molecule has 7 rings (SSSR count). The van der Waals surface area contributed by atoms with Gasteiger partial charge in [0, 0.05) is 16.9 Å². The van der Waals surface area contributed by atoms with Crippen LogP contribution in [0.4, 0.5) is 17.1 Å². The van der Waals surface area contributed by atoms with E-state index >= 15 is 0 Å². The smallest absolute Gasteiger partial charge is 0.504 e. The summed E-state index contributed by atoms with van der Waals surface area (Å²) in [5.74, 6) is 0. The summed E-state index contributed by atoms with van der Waals surface area (Å²) >= 11 is 0. The average Bonchev–Trinajstić information content (AvgIpc) is 3.48. The zero-order valence-corrected chi connectivity index (χ0v) is 25.3. The van der Waals surface area contributed by atoms with Crippen molar-refractivity contribution >= 4 is 57.3 Å². The van der Waals surface area contributed by atoms with Gasteiger partial charge in [-0.1, -0.05) is 54.6 Å². The molecule has 6 aromatic rings. The molecule has 0 atom stereocenters. The van der Waals surface area contributed by atoms with Crippen LogP contribution in [-0.4, -0.2) is 19.7 Å². The standard InChI is InChI=1S/C34H27N3Si.Pt/c1-35-24-36(34-19-10-9-18-33(34)35)26-14-11-15-27(22-26)38(2,3)28-20-21-32-30(23-28)29-16-7-8-17-31(29)37(32)25-12-5-4-6-13-25;/h4-12,14-19,21,23-24H,1-3H3;/q-4;+4. The van der Waals surface area contributed by atoms with Gasteiger partial charge >= 0.3 is 21.1 Å². The molecule has 0 saturated heterocycles. The van der Waals surface area contributed by atoms with E-state index in [1.807, 2.05) is 12.1 Å². The third kappa shape index (κ3) is 4.14. The Bertz CT molecular complexity index is 1810. The Balaban J connectivity index is 0.00000277. The Hall–Kier alpha value is -3.59. The van der Waals surface area contributed by atoms with Gasteiger partial charge in [0.15, 0.2) is 0 Å². The number of aromatic nitrogens is 1. The van der Waals surface area contributed by atoms with Crippen molar-refractivity contribution in [3.8, 4) is 5.69 Å². The van der Waals surface area contributed by atoms with Crippen molar-refractivity contribution in [3.63, 3.8) is 0 Å². The van der Waals surface area contributed by atoms with Gasteiger partial charge in [0.25, 0.3) is 0 Å². The van der Waals surface area contributed by atoms with Crippen molar-refractivity contribution in [2.45, 2.75) is 13.1 Å². The SMILES string of the molecule is CN1[CH-]N(c2[c-]c([Si](C)(C)c3[c-]cc4c(c3)c3ccccc3n4-c3[c-]cccc3)ccc2)c2ccccc21.[Pt+4]. The van der Waals surface area contributed by atoms with Gasteiger partial charge in [-0.2, -0.15) is 83.8 Å². The van der Waals surface area contributed by atoms with E-state index < -0.39 is 8.07 Å². The summed E-state index contributed by atoms with van der Waals surface area (Å²) in [5, 5.41) is 5.06. The van der Waals surface area contributed by atoms with Gasteiger partial charge in [0.05, 0.1) is 8.07 Å². The Morgan fingerprint density at radius 1 is 0.692 bits per heavy atom. The molecule has 1 aliphatic rings.